The fourth-order valence-electron chi connectivity index (χ4n) is 2.80. The van der Waals surface area contributed by atoms with E-state index in [-0.39, 0.29) is 11.9 Å². The zero-order valence-corrected chi connectivity index (χ0v) is 14.5. The maximum Gasteiger partial charge on any atom is 0.224 e. The fraction of sp³-hybridized carbons (Fsp3) is 0.136. The van der Waals surface area contributed by atoms with Crippen LogP contribution in [0, 0.1) is 11.3 Å². The lowest BCUT2D eigenvalue weighted by atomic mass is 10.00. The van der Waals surface area contributed by atoms with Gasteiger partial charge in [-0.1, -0.05) is 42.5 Å². The summed E-state index contributed by atoms with van der Waals surface area (Å²) >= 11 is 0. The van der Waals surface area contributed by atoms with Gasteiger partial charge in [0.25, 0.3) is 0 Å². The molecule has 0 aliphatic rings. The van der Waals surface area contributed by atoms with Crippen LogP contribution in [0.5, 0.6) is 0 Å². The molecule has 0 radical (unpaired) electrons. The minimum absolute atomic E-state index is 0.0312. The molecule has 1 atom stereocenters. The van der Waals surface area contributed by atoms with Crippen molar-refractivity contribution in [2.75, 3.05) is 0 Å². The number of aromatic nitrogens is 1. The summed E-state index contributed by atoms with van der Waals surface area (Å²) in [6.45, 7) is 1.96. The average Bonchev–Trinajstić information content (AvgIpc) is 2.69. The van der Waals surface area contributed by atoms with E-state index in [9.17, 15) is 4.79 Å². The van der Waals surface area contributed by atoms with Crippen molar-refractivity contribution in [1.82, 2.24) is 10.3 Å². The molecule has 0 saturated heterocycles. The third-order valence-corrected chi connectivity index (χ3v) is 4.20. The molecule has 1 heterocycles. The Labute approximate surface area is 153 Å². The summed E-state index contributed by atoms with van der Waals surface area (Å²) in [4.78, 5) is 16.2. The minimum Gasteiger partial charge on any atom is -0.349 e. The highest BCUT2D eigenvalue weighted by Gasteiger charge is 2.10. The Morgan fingerprint density at radius 3 is 2.62 bits per heavy atom. The largest absolute Gasteiger partial charge is 0.349 e. The van der Waals surface area contributed by atoms with E-state index < -0.39 is 0 Å². The molecule has 128 valence electrons. The molecule has 4 nitrogen and oxygen atoms in total. The first-order valence-electron chi connectivity index (χ1n) is 8.44. The molecule has 3 aromatic rings. The number of nitrogens with zero attached hydrogens (tertiary/aromatic N) is 2. The SMILES string of the molecule is CC(NC(=O)Cc1cccnc1)c1ccc(-c2cccc(C#N)c2)cc1. The second kappa shape index (κ2) is 8.09. The van der Waals surface area contributed by atoms with Crippen molar-refractivity contribution in [1.29, 1.82) is 5.26 Å². The van der Waals surface area contributed by atoms with Crippen LogP contribution in [0.2, 0.25) is 0 Å². The van der Waals surface area contributed by atoms with Crippen LogP contribution in [-0.4, -0.2) is 10.9 Å². The summed E-state index contributed by atoms with van der Waals surface area (Å²) < 4.78 is 0. The number of benzene rings is 2. The summed E-state index contributed by atoms with van der Waals surface area (Å²) in [7, 11) is 0. The number of rotatable bonds is 5. The predicted octanol–water partition coefficient (Wildman–Crippen LogP) is 4.04. The summed E-state index contributed by atoms with van der Waals surface area (Å²) in [5, 5.41) is 12.0. The van der Waals surface area contributed by atoms with Gasteiger partial charge in [0.1, 0.15) is 0 Å². The number of nitriles is 1. The Morgan fingerprint density at radius 1 is 1.12 bits per heavy atom. The molecule has 26 heavy (non-hydrogen) atoms. The van der Waals surface area contributed by atoms with Gasteiger partial charge < -0.3 is 5.32 Å². The molecule has 1 aromatic heterocycles. The van der Waals surface area contributed by atoms with Crippen molar-refractivity contribution in [3.8, 4) is 17.2 Å². The van der Waals surface area contributed by atoms with Crippen LogP contribution in [0.25, 0.3) is 11.1 Å². The van der Waals surface area contributed by atoms with E-state index in [0.717, 1.165) is 22.3 Å². The van der Waals surface area contributed by atoms with Crippen LogP contribution in [-0.2, 0) is 11.2 Å². The molecule has 3 rings (SSSR count). The number of pyridine rings is 1. The molecule has 0 spiro atoms. The number of amides is 1. The van der Waals surface area contributed by atoms with Gasteiger partial charge in [-0.3, -0.25) is 9.78 Å². The topological polar surface area (TPSA) is 65.8 Å². The van der Waals surface area contributed by atoms with Gasteiger partial charge in [-0.05, 0) is 47.4 Å². The molecular weight excluding hydrogens is 322 g/mol. The molecule has 1 amide bonds. The normalized spacial score (nSPS) is 11.4. The molecule has 0 fully saturated rings. The quantitative estimate of drug-likeness (QED) is 0.761. The van der Waals surface area contributed by atoms with Gasteiger partial charge in [-0.2, -0.15) is 5.26 Å². The summed E-state index contributed by atoms with van der Waals surface area (Å²) in [5.41, 5.74) is 4.61. The van der Waals surface area contributed by atoms with Crippen LogP contribution in [0.4, 0.5) is 0 Å². The van der Waals surface area contributed by atoms with Crippen molar-refractivity contribution in [2.24, 2.45) is 0 Å². The Hall–Kier alpha value is -3.45. The van der Waals surface area contributed by atoms with Crippen molar-refractivity contribution in [3.63, 3.8) is 0 Å². The van der Waals surface area contributed by atoms with E-state index in [1.807, 2.05) is 61.5 Å². The number of carbonyl (C=O) groups excluding carboxylic acids is 1. The monoisotopic (exact) mass is 341 g/mol. The van der Waals surface area contributed by atoms with Crippen LogP contribution in [0.1, 0.15) is 29.7 Å². The number of carbonyl (C=O) groups is 1. The van der Waals surface area contributed by atoms with E-state index in [1.54, 1.807) is 18.5 Å². The highest BCUT2D eigenvalue weighted by atomic mass is 16.1. The second-order valence-electron chi connectivity index (χ2n) is 6.14. The molecule has 1 unspecified atom stereocenters. The van der Waals surface area contributed by atoms with E-state index in [0.29, 0.717) is 12.0 Å². The van der Waals surface area contributed by atoms with Crippen molar-refractivity contribution >= 4 is 5.91 Å². The zero-order valence-electron chi connectivity index (χ0n) is 14.5. The molecule has 2 aromatic carbocycles. The van der Waals surface area contributed by atoms with Crippen LogP contribution >= 0.6 is 0 Å². The molecule has 0 aliphatic heterocycles. The Morgan fingerprint density at radius 2 is 1.92 bits per heavy atom. The lowest BCUT2D eigenvalue weighted by Gasteiger charge is -2.15. The van der Waals surface area contributed by atoms with Gasteiger partial charge in [0.05, 0.1) is 24.1 Å². The molecular formula is C22H19N3O. The van der Waals surface area contributed by atoms with E-state index in [4.69, 9.17) is 5.26 Å². The van der Waals surface area contributed by atoms with Crippen LogP contribution in [0.15, 0.2) is 73.1 Å². The second-order valence-corrected chi connectivity index (χ2v) is 6.14. The number of hydrogen-bond donors (Lipinski definition) is 1. The zero-order chi connectivity index (χ0) is 18.4. The number of hydrogen-bond acceptors (Lipinski definition) is 3. The highest BCUT2D eigenvalue weighted by molar-refractivity contribution is 5.79. The molecule has 0 aliphatic carbocycles. The van der Waals surface area contributed by atoms with Gasteiger partial charge in [-0.25, -0.2) is 0 Å². The lowest BCUT2D eigenvalue weighted by molar-refractivity contribution is -0.121. The molecule has 4 heteroatoms. The lowest BCUT2D eigenvalue weighted by Crippen LogP contribution is -2.28. The molecule has 0 saturated carbocycles. The standard InChI is InChI=1S/C22H19N3O/c1-16(25-22(26)13-18-5-3-11-24-15-18)19-7-9-20(10-8-19)21-6-2-4-17(12-21)14-23/h2-12,15-16H,13H2,1H3,(H,25,26). The first-order chi connectivity index (χ1) is 12.7. The Balaban J connectivity index is 1.66. The summed E-state index contributed by atoms with van der Waals surface area (Å²) in [6, 6.07) is 21.3. The molecule has 1 N–H and O–H groups in total. The smallest absolute Gasteiger partial charge is 0.224 e. The average molecular weight is 341 g/mol. The first kappa shape index (κ1) is 17.4. The number of nitrogens with one attached hydrogen (secondary N) is 1. The Bertz CT molecular complexity index is 928. The van der Waals surface area contributed by atoms with Gasteiger partial charge >= 0.3 is 0 Å². The predicted molar refractivity (Wildman–Crippen MR) is 101 cm³/mol. The van der Waals surface area contributed by atoms with Crippen LogP contribution in [0.3, 0.4) is 0 Å². The summed E-state index contributed by atoms with van der Waals surface area (Å²) in [5.74, 6) is -0.0312. The van der Waals surface area contributed by atoms with Gasteiger partial charge in [0.2, 0.25) is 5.91 Å². The third kappa shape index (κ3) is 4.34. The molecule has 0 bridgehead atoms. The third-order valence-electron chi connectivity index (χ3n) is 4.20. The van der Waals surface area contributed by atoms with E-state index >= 15 is 0 Å². The van der Waals surface area contributed by atoms with Crippen molar-refractivity contribution in [3.05, 3.63) is 89.7 Å². The van der Waals surface area contributed by atoms with Crippen LogP contribution < -0.4 is 5.32 Å². The van der Waals surface area contributed by atoms with E-state index in [1.165, 1.54) is 0 Å². The fourth-order valence-corrected chi connectivity index (χ4v) is 2.80. The van der Waals surface area contributed by atoms with E-state index in [2.05, 4.69) is 16.4 Å². The highest BCUT2D eigenvalue weighted by Crippen LogP contribution is 2.23. The van der Waals surface area contributed by atoms with Gasteiger partial charge in [0, 0.05) is 12.4 Å². The first-order valence-corrected chi connectivity index (χ1v) is 8.44. The van der Waals surface area contributed by atoms with Crippen molar-refractivity contribution < 1.29 is 4.79 Å². The van der Waals surface area contributed by atoms with Crippen molar-refractivity contribution in [2.45, 2.75) is 19.4 Å². The maximum absolute atomic E-state index is 12.2. The minimum atomic E-state index is -0.0846. The summed E-state index contributed by atoms with van der Waals surface area (Å²) in [6.07, 6.45) is 3.71. The van der Waals surface area contributed by atoms with Gasteiger partial charge in [-0.15, -0.1) is 0 Å². The Kier molecular flexibility index (Phi) is 5.40. The van der Waals surface area contributed by atoms with Gasteiger partial charge in [0.15, 0.2) is 0 Å². The maximum atomic E-state index is 12.2.